The Bertz CT molecular complexity index is 1180. The van der Waals surface area contributed by atoms with Gasteiger partial charge in [0.25, 0.3) is 5.91 Å². The number of carbonyl (C=O) groups excluding carboxylic acids is 2. The number of hydrogen-bond acceptors (Lipinski definition) is 7. The highest BCUT2D eigenvalue weighted by atomic mass is 79.9. The van der Waals surface area contributed by atoms with Gasteiger partial charge in [-0.15, -0.1) is 0 Å². The number of esters is 1. The number of hydrazone groups is 1. The van der Waals surface area contributed by atoms with E-state index >= 15 is 0 Å². The van der Waals surface area contributed by atoms with Gasteiger partial charge in [0.05, 0.1) is 27.8 Å². The van der Waals surface area contributed by atoms with Crippen molar-refractivity contribution in [1.82, 2.24) is 5.01 Å². The van der Waals surface area contributed by atoms with Crippen LogP contribution in [0.1, 0.15) is 22.8 Å². The molecule has 4 rings (SSSR count). The summed E-state index contributed by atoms with van der Waals surface area (Å²) in [6.07, 6.45) is 1.53. The van der Waals surface area contributed by atoms with Crippen molar-refractivity contribution in [3.8, 4) is 11.5 Å². The Labute approximate surface area is 190 Å². The van der Waals surface area contributed by atoms with Gasteiger partial charge >= 0.3 is 5.97 Å². The number of benzene rings is 2. The zero-order chi connectivity index (χ0) is 22.0. The average Bonchev–Trinajstić information content (AvgIpc) is 3.23. The Morgan fingerprint density at radius 2 is 2.06 bits per heavy atom. The monoisotopic (exact) mass is 498 g/mol. The summed E-state index contributed by atoms with van der Waals surface area (Å²) in [4.78, 5) is 28.9. The number of rotatable bonds is 5. The van der Waals surface area contributed by atoms with Crippen molar-refractivity contribution < 1.29 is 19.1 Å². The molecule has 156 valence electrons. The SMILES string of the molecule is CCOc1cc(/C=C2\C(=N)N3N=CSC3=NC2=O)cc(Br)c1OC(=O)c1ccccc1. The van der Waals surface area contributed by atoms with Crippen molar-refractivity contribution in [3.63, 3.8) is 0 Å². The van der Waals surface area contributed by atoms with Gasteiger partial charge in [-0.05, 0) is 70.5 Å². The van der Waals surface area contributed by atoms with Crippen molar-refractivity contribution in [3.05, 3.63) is 63.6 Å². The fourth-order valence-corrected chi connectivity index (χ4v) is 4.01. The van der Waals surface area contributed by atoms with E-state index in [-0.39, 0.29) is 17.2 Å². The fourth-order valence-electron chi connectivity index (χ4n) is 2.86. The Morgan fingerprint density at radius 1 is 1.29 bits per heavy atom. The van der Waals surface area contributed by atoms with E-state index < -0.39 is 11.9 Å². The molecule has 1 N–H and O–H groups in total. The molecule has 31 heavy (non-hydrogen) atoms. The average molecular weight is 499 g/mol. The number of amides is 1. The molecule has 2 aromatic rings. The molecular weight excluding hydrogens is 484 g/mol. The predicted octanol–water partition coefficient (Wildman–Crippen LogP) is 4.32. The van der Waals surface area contributed by atoms with E-state index in [1.807, 2.05) is 13.0 Å². The maximum absolute atomic E-state index is 12.5. The van der Waals surface area contributed by atoms with Gasteiger partial charge in [0.2, 0.25) is 0 Å². The maximum atomic E-state index is 12.5. The molecule has 0 radical (unpaired) electrons. The second-order valence-electron chi connectivity index (χ2n) is 6.28. The minimum atomic E-state index is -0.525. The number of carbonyl (C=O) groups is 2. The van der Waals surface area contributed by atoms with Gasteiger partial charge in [-0.25, -0.2) is 4.79 Å². The molecule has 10 heteroatoms. The number of nitrogens with one attached hydrogen (secondary N) is 1. The van der Waals surface area contributed by atoms with Gasteiger partial charge < -0.3 is 9.47 Å². The number of fused-ring (bicyclic) bond motifs is 1. The van der Waals surface area contributed by atoms with Crippen LogP contribution in [0.5, 0.6) is 11.5 Å². The van der Waals surface area contributed by atoms with Crippen molar-refractivity contribution in [2.24, 2.45) is 10.1 Å². The molecular formula is C21H15BrN4O4S. The van der Waals surface area contributed by atoms with Crippen molar-refractivity contribution in [1.29, 1.82) is 5.41 Å². The first-order chi connectivity index (χ1) is 15.0. The molecule has 0 bridgehead atoms. The van der Waals surface area contributed by atoms with Crippen LogP contribution in [0.25, 0.3) is 6.08 Å². The van der Waals surface area contributed by atoms with Crippen molar-refractivity contribution in [2.75, 3.05) is 6.61 Å². The van der Waals surface area contributed by atoms with E-state index in [0.717, 1.165) is 0 Å². The standard InChI is InChI=1S/C21H15BrN4O4S/c1-2-29-16-10-12(8-14-18(23)26-21(25-19(14)27)31-11-24-26)9-15(22)17(16)30-20(28)13-6-4-3-5-7-13/h3-11,23H,2H2,1H3/b14-8+,23-18?. The Balaban J connectivity index is 1.68. The smallest absolute Gasteiger partial charge is 0.343 e. The Morgan fingerprint density at radius 3 is 2.81 bits per heavy atom. The molecule has 0 aromatic heterocycles. The van der Waals surface area contributed by atoms with Gasteiger partial charge in [-0.1, -0.05) is 18.2 Å². The number of ether oxygens (including phenoxy) is 2. The van der Waals surface area contributed by atoms with E-state index in [9.17, 15) is 9.59 Å². The van der Waals surface area contributed by atoms with E-state index in [2.05, 4.69) is 26.0 Å². The molecule has 0 saturated heterocycles. The molecule has 1 amide bonds. The second-order valence-corrected chi connectivity index (χ2v) is 7.94. The van der Waals surface area contributed by atoms with Gasteiger partial charge in [-0.2, -0.15) is 15.1 Å². The lowest BCUT2D eigenvalue weighted by Gasteiger charge is -2.20. The summed E-state index contributed by atoms with van der Waals surface area (Å²) in [7, 11) is 0. The minimum Gasteiger partial charge on any atom is -0.490 e. The summed E-state index contributed by atoms with van der Waals surface area (Å²) >= 11 is 4.60. The lowest BCUT2D eigenvalue weighted by atomic mass is 10.1. The molecule has 2 aliphatic rings. The number of amidine groups is 2. The molecule has 2 aliphatic heterocycles. The number of thioether (sulfide) groups is 1. The lowest BCUT2D eigenvalue weighted by Crippen LogP contribution is -2.35. The van der Waals surface area contributed by atoms with Crippen LogP contribution in [-0.2, 0) is 4.79 Å². The third-order valence-electron chi connectivity index (χ3n) is 4.24. The number of nitrogens with zero attached hydrogens (tertiary/aromatic N) is 3. The molecule has 2 heterocycles. The summed E-state index contributed by atoms with van der Waals surface area (Å²) in [5, 5.41) is 14.0. The minimum absolute atomic E-state index is 0.0649. The van der Waals surface area contributed by atoms with E-state index in [1.165, 1.54) is 28.4 Å². The van der Waals surface area contributed by atoms with Crippen LogP contribution >= 0.6 is 27.7 Å². The number of halogens is 1. The van der Waals surface area contributed by atoms with Crippen LogP contribution in [0, 0.1) is 5.41 Å². The number of hydrogen-bond donors (Lipinski definition) is 1. The first kappa shape index (κ1) is 21.0. The first-order valence-corrected chi connectivity index (χ1v) is 10.8. The first-order valence-electron chi connectivity index (χ1n) is 9.14. The summed E-state index contributed by atoms with van der Waals surface area (Å²) in [6.45, 7) is 2.14. The highest BCUT2D eigenvalue weighted by molar-refractivity contribution is 9.10. The molecule has 0 aliphatic carbocycles. The highest BCUT2D eigenvalue weighted by Crippen LogP contribution is 2.38. The lowest BCUT2D eigenvalue weighted by molar-refractivity contribution is -0.114. The van der Waals surface area contributed by atoms with Gasteiger partial charge in [0.15, 0.2) is 22.5 Å². The summed E-state index contributed by atoms with van der Waals surface area (Å²) in [5.41, 5.74) is 2.58. The third kappa shape index (κ3) is 4.30. The van der Waals surface area contributed by atoms with Gasteiger partial charge in [0, 0.05) is 0 Å². The molecule has 0 fully saturated rings. The Hall–Kier alpha value is -3.24. The largest absolute Gasteiger partial charge is 0.490 e. The van der Waals surface area contributed by atoms with Crippen LogP contribution in [0.3, 0.4) is 0 Å². The van der Waals surface area contributed by atoms with E-state index in [4.69, 9.17) is 14.9 Å². The van der Waals surface area contributed by atoms with Crippen LogP contribution in [0.15, 0.2) is 62.6 Å². The summed E-state index contributed by atoms with van der Waals surface area (Å²) in [5.74, 6) is -0.567. The molecule has 8 nitrogen and oxygen atoms in total. The predicted molar refractivity (Wildman–Crippen MR) is 123 cm³/mol. The van der Waals surface area contributed by atoms with Crippen LogP contribution in [0.4, 0.5) is 0 Å². The third-order valence-corrected chi connectivity index (χ3v) is 5.51. The number of aliphatic imine (C=N–C) groups is 1. The van der Waals surface area contributed by atoms with Crippen LogP contribution < -0.4 is 9.47 Å². The van der Waals surface area contributed by atoms with Crippen molar-refractivity contribution >= 4 is 62.2 Å². The normalized spacial score (nSPS) is 16.4. The maximum Gasteiger partial charge on any atom is 0.343 e. The molecule has 0 saturated carbocycles. The quantitative estimate of drug-likeness (QED) is 0.374. The molecule has 0 unspecified atom stereocenters. The van der Waals surface area contributed by atoms with E-state index in [0.29, 0.717) is 33.1 Å². The van der Waals surface area contributed by atoms with Crippen LogP contribution in [0.2, 0.25) is 0 Å². The van der Waals surface area contributed by atoms with Crippen molar-refractivity contribution in [2.45, 2.75) is 6.92 Å². The van der Waals surface area contributed by atoms with E-state index in [1.54, 1.807) is 36.4 Å². The zero-order valence-corrected chi connectivity index (χ0v) is 18.6. The van der Waals surface area contributed by atoms with Gasteiger partial charge in [-0.3, -0.25) is 10.2 Å². The summed E-state index contributed by atoms with van der Waals surface area (Å²) < 4.78 is 11.7. The topological polar surface area (TPSA) is 104 Å². The highest BCUT2D eigenvalue weighted by Gasteiger charge is 2.32. The molecule has 0 atom stereocenters. The zero-order valence-electron chi connectivity index (χ0n) is 16.2. The van der Waals surface area contributed by atoms with Crippen LogP contribution in [-0.4, -0.2) is 40.0 Å². The summed E-state index contributed by atoms with van der Waals surface area (Å²) in [6, 6.07) is 11.9. The Kier molecular flexibility index (Phi) is 6.01. The molecule has 2 aromatic carbocycles. The second kappa shape index (κ2) is 8.86. The molecule has 0 spiro atoms. The fraction of sp³-hybridized carbons (Fsp3) is 0.0952. The van der Waals surface area contributed by atoms with Gasteiger partial charge in [0.1, 0.15) is 0 Å².